The summed E-state index contributed by atoms with van der Waals surface area (Å²) in [4.78, 5) is 15.1. The van der Waals surface area contributed by atoms with E-state index in [4.69, 9.17) is 11.6 Å². The van der Waals surface area contributed by atoms with Crippen molar-refractivity contribution in [1.82, 2.24) is 10.3 Å². The van der Waals surface area contributed by atoms with Gasteiger partial charge < -0.3 is 10.3 Å². The summed E-state index contributed by atoms with van der Waals surface area (Å²) in [7, 11) is 0. The summed E-state index contributed by atoms with van der Waals surface area (Å²) in [6.45, 7) is 3.15. The zero-order valence-electron chi connectivity index (χ0n) is 12.3. The summed E-state index contributed by atoms with van der Waals surface area (Å²) < 4.78 is 0. The Balaban J connectivity index is 1.77. The molecule has 112 valence electrons. The Morgan fingerprint density at radius 1 is 1.05 bits per heavy atom. The molecule has 4 heteroatoms. The Labute approximate surface area is 133 Å². The molecule has 0 fully saturated rings. The highest BCUT2D eigenvalue weighted by Gasteiger charge is 2.04. The molecule has 0 saturated heterocycles. The molecule has 1 aromatic heterocycles. The van der Waals surface area contributed by atoms with E-state index in [1.165, 1.54) is 0 Å². The molecule has 2 N–H and O–H groups in total. The van der Waals surface area contributed by atoms with Gasteiger partial charge in [-0.05, 0) is 41.6 Å². The van der Waals surface area contributed by atoms with Crippen LogP contribution in [0.3, 0.4) is 0 Å². The van der Waals surface area contributed by atoms with Crippen LogP contribution in [-0.4, -0.2) is 4.98 Å². The van der Waals surface area contributed by atoms with Gasteiger partial charge in [0.05, 0.1) is 0 Å². The van der Waals surface area contributed by atoms with Crippen LogP contribution >= 0.6 is 11.6 Å². The van der Waals surface area contributed by atoms with Gasteiger partial charge in [0.2, 0.25) is 0 Å². The zero-order valence-corrected chi connectivity index (χ0v) is 13.1. The number of H-pyrrole nitrogens is 1. The van der Waals surface area contributed by atoms with E-state index in [1.807, 2.05) is 55.5 Å². The van der Waals surface area contributed by atoms with Crippen molar-refractivity contribution in [2.24, 2.45) is 0 Å². The van der Waals surface area contributed by atoms with Crippen LogP contribution < -0.4 is 10.9 Å². The van der Waals surface area contributed by atoms with E-state index in [9.17, 15) is 4.79 Å². The second kappa shape index (κ2) is 6.34. The van der Waals surface area contributed by atoms with Crippen LogP contribution in [0.2, 0.25) is 5.02 Å². The number of aryl methyl sites for hydroxylation is 1. The largest absolute Gasteiger partial charge is 0.322 e. The van der Waals surface area contributed by atoms with E-state index in [0.29, 0.717) is 13.1 Å². The summed E-state index contributed by atoms with van der Waals surface area (Å²) in [6.07, 6.45) is 0. The molecule has 0 aliphatic rings. The molecule has 0 saturated carbocycles. The van der Waals surface area contributed by atoms with Gasteiger partial charge >= 0.3 is 0 Å². The van der Waals surface area contributed by atoms with Crippen molar-refractivity contribution in [3.05, 3.63) is 80.6 Å². The first-order valence-corrected chi connectivity index (χ1v) is 7.58. The fourth-order valence-corrected chi connectivity index (χ4v) is 2.67. The second-order valence-corrected chi connectivity index (χ2v) is 5.82. The van der Waals surface area contributed by atoms with Gasteiger partial charge in [0.25, 0.3) is 5.56 Å². The summed E-state index contributed by atoms with van der Waals surface area (Å²) in [5.41, 5.74) is 3.71. The van der Waals surface area contributed by atoms with Gasteiger partial charge in [0.15, 0.2) is 0 Å². The fraction of sp³-hybridized carbons (Fsp3) is 0.167. The third-order valence-electron chi connectivity index (χ3n) is 3.67. The number of halogens is 1. The highest BCUT2D eigenvalue weighted by atomic mass is 35.5. The molecule has 0 atom stereocenters. The van der Waals surface area contributed by atoms with E-state index in [-0.39, 0.29) is 5.56 Å². The molecule has 0 aliphatic carbocycles. The Morgan fingerprint density at radius 2 is 1.82 bits per heavy atom. The van der Waals surface area contributed by atoms with Gasteiger partial charge in [-0.15, -0.1) is 0 Å². The van der Waals surface area contributed by atoms with Gasteiger partial charge in [-0.25, -0.2) is 0 Å². The van der Waals surface area contributed by atoms with Crippen LogP contribution in [-0.2, 0) is 13.1 Å². The third-order valence-corrected chi connectivity index (χ3v) is 4.04. The molecule has 0 bridgehead atoms. The molecule has 0 unspecified atom stereocenters. The van der Waals surface area contributed by atoms with Crippen LogP contribution in [0.1, 0.15) is 16.7 Å². The average Bonchev–Trinajstić information content (AvgIpc) is 2.50. The number of nitrogens with one attached hydrogen (secondary N) is 2. The molecular formula is C18H17ClN2O. The van der Waals surface area contributed by atoms with Gasteiger partial charge in [-0.1, -0.05) is 41.9 Å². The first-order chi connectivity index (χ1) is 10.6. The smallest absolute Gasteiger partial charge is 0.252 e. The SMILES string of the molecule is Cc1ccc2cc(CNCc3ccccc3Cl)c(=O)[nH]c2c1. The molecule has 22 heavy (non-hydrogen) atoms. The van der Waals surface area contributed by atoms with E-state index in [0.717, 1.165) is 32.6 Å². The van der Waals surface area contributed by atoms with Crippen molar-refractivity contribution < 1.29 is 0 Å². The van der Waals surface area contributed by atoms with Crippen molar-refractivity contribution in [2.45, 2.75) is 20.0 Å². The number of aromatic amines is 1. The standard InChI is InChI=1S/C18H17ClN2O/c1-12-6-7-13-9-15(18(22)21-17(13)8-12)11-20-10-14-4-2-3-5-16(14)19/h2-9,20H,10-11H2,1H3,(H,21,22). The summed E-state index contributed by atoms with van der Waals surface area (Å²) in [5, 5.41) is 5.05. The maximum atomic E-state index is 12.1. The van der Waals surface area contributed by atoms with E-state index >= 15 is 0 Å². The van der Waals surface area contributed by atoms with Gasteiger partial charge in [0.1, 0.15) is 0 Å². The Morgan fingerprint density at radius 3 is 2.64 bits per heavy atom. The van der Waals surface area contributed by atoms with Crippen molar-refractivity contribution in [2.75, 3.05) is 0 Å². The van der Waals surface area contributed by atoms with Crippen molar-refractivity contribution in [3.8, 4) is 0 Å². The minimum absolute atomic E-state index is 0.0511. The molecule has 3 nitrogen and oxygen atoms in total. The molecule has 3 aromatic rings. The van der Waals surface area contributed by atoms with Crippen molar-refractivity contribution in [3.63, 3.8) is 0 Å². The number of aromatic nitrogens is 1. The molecule has 1 heterocycles. The van der Waals surface area contributed by atoms with Crippen molar-refractivity contribution >= 4 is 22.5 Å². The molecule has 0 aliphatic heterocycles. The van der Waals surface area contributed by atoms with E-state index < -0.39 is 0 Å². The summed E-state index contributed by atoms with van der Waals surface area (Å²) in [5.74, 6) is 0. The zero-order chi connectivity index (χ0) is 15.5. The molecule has 0 amide bonds. The van der Waals surface area contributed by atoms with Crippen molar-refractivity contribution in [1.29, 1.82) is 0 Å². The number of fused-ring (bicyclic) bond motifs is 1. The monoisotopic (exact) mass is 312 g/mol. The highest BCUT2D eigenvalue weighted by Crippen LogP contribution is 2.15. The lowest BCUT2D eigenvalue weighted by molar-refractivity contribution is 0.689. The first-order valence-electron chi connectivity index (χ1n) is 7.20. The number of benzene rings is 2. The number of hydrogen-bond acceptors (Lipinski definition) is 2. The molecule has 0 spiro atoms. The first kappa shape index (κ1) is 14.8. The topological polar surface area (TPSA) is 44.9 Å². The van der Waals surface area contributed by atoms with Gasteiger partial charge in [0, 0.05) is 29.2 Å². The van der Waals surface area contributed by atoms with Gasteiger partial charge in [-0.3, -0.25) is 4.79 Å². The number of hydrogen-bond donors (Lipinski definition) is 2. The third kappa shape index (κ3) is 3.21. The van der Waals surface area contributed by atoms with Crippen LogP contribution in [0.25, 0.3) is 10.9 Å². The predicted molar refractivity (Wildman–Crippen MR) is 91.3 cm³/mol. The summed E-state index contributed by atoms with van der Waals surface area (Å²) in [6, 6.07) is 15.7. The molecular weight excluding hydrogens is 296 g/mol. The Hall–Kier alpha value is -2.10. The highest BCUT2D eigenvalue weighted by molar-refractivity contribution is 6.31. The summed E-state index contributed by atoms with van der Waals surface area (Å²) >= 11 is 6.12. The minimum atomic E-state index is -0.0511. The van der Waals surface area contributed by atoms with Crippen LogP contribution in [0.5, 0.6) is 0 Å². The molecule has 2 aromatic carbocycles. The predicted octanol–water partition coefficient (Wildman–Crippen LogP) is 3.78. The maximum Gasteiger partial charge on any atom is 0.252 e. The lowest BCUT2D eigenvalue weighted by Gasteiger charge is -2.07. The van der Waals surface area contributed by atoms with Crippen LogP contribution in [0, 0.1) is 6.92 Å². The Kier molecular flexibility index (Phi) is 4.27. The minimum Gasteiger partial charge on any atom is -0.322 e. The average molecular weight is 313 g/mol. The Bertz CT molecular complexity index is 870. The van der Waals surface area contributed by atoms with E-state index in [2.05, 4.69) is 10.3 Å². The van der Waals surface area contributed by atoms with Crippen LogP contribution in [0.4, 0.5) is 0 Å². The second-order valence-electron chi connectivity index (χ2n) is 5.41. The molecule has 0 radical (unpaired) electrons. The lowest BCUT2D eigenvalue weighted by atomic mass is 10.1. The maximum absolute atomic E-state index is 12.1. The fourth-order valence-electron chi connectivity index (χ4n) is 2.46. The van der Waals surface area contributed by atoms with Gasteiger partial charge in [-0.2, -0.15) is 0 Å². The number of pyridine rings is 1. The van der Waals surface area contributed by atoms with E-state index in [1.54, 1.807) is 0 Å². The normalized spacial score (nSPS) is 11.0. The number of rotatable bonds is 4. The van der Waals surface area contributed by atoms with Crippen LogP contribution in [0.15, 0.2) is 53.3 Å². The quantitative estimate of drug-likeness (QED) is 0.770. The lowest BCUT2D eigenvalue weighted by Crippen LogP contribution is -2.20. The molecule has 3 rings (SSSR count).